The molecule has 2 N–H and O–H groups in total. The van der Waals surface area contributed by atoms with E-state index in [1.165, 1.54) is 30.5 Å². The second-order valence-electron chi connectivity index (χ2n) is 8.17. The van der Waals surface area contributed by atoms with Crippen molar-refractivity contribution in [3.63, 3.8) is 0 Å². The number of nitrogens with zero attached hydrogens (tertiary/aromatic N) is 3. The lowest BCUT2D eigenvalue weighted by Crippen LogP contribution is -2.14. The number of fused-ring (bicyclic) bond motifs is 1. The molecule has 0 spiro atoms. The predicted octanol–water partition coefficient (Wildman–Crippen LogP) is 4.44. The van der Waals surface area contributed by atoms with Gasteiger partial charge in [-0.2, -0.15) is 5.10 Å². The van der Waals surface area contributed by atoms with E-state index in [0.717, 1.165) is 22.8 Å². The van der Waals surface area contributed by atoms with Crippen LogP contribution in [0, 0.1) is 12.7 Å². The van der Waals surface area contributed by atoms with Gasteiger partial charge in [-0.25, -0.2) is 17.8 Å². The molecule has 0 amide bonds. The van der Waals surface area contributed by atoms with Gasteiger partial charge in [0.25, 0.3) is 10.0 Å². The van der Waals surface area contributed by atoms with Crippen LogP contribution in [0.2, 0.25) is 0 Å². The minimum Gasteiger partial charge on any atom is -0.345 e. The molecular formula is C25H20FN5O3S. The lowest BCUT2D eigenvalue weighted by atomic mass is 10.0. The summed E-state index contributed by atoms with van der Waals surface area (Å²) in [5.41, 5.74) is 2.85. The molecule has 0 aliphatic rings. The number of halogens is 1. The summed E-state index contributed by atoms with van der Waals surface area (Å²) in [6, 6.07) is 11.7. The van der Waals surface area contributed by atoms with Crippen LogP contribution >= 0.6 is 0 Å². The van der Waals surface area contributed by atoms with Crippen molar-refractivity contribution in [2.45, 2.75) is 11.8 Å². The molecule has 0 unspecified atom stereocenters. The fourth-order valence-electron chi connectivity index (χ4n) is 3.82. The fourth-order valence-corrected chi connectivity index (χ4v) is 4.98. The van der Waals surface area contributed by atoms with Gasteiger partial charge in [0.05, 0.1) is 16.7 Å². The van der Waals surface area contributed by atoms with E-state index in [1.807, 2.05) is 6.20 Å². The molecule has 5 aromatic rings. The monoisotopic (exact) mass is 489 g/mol. The maximum Gasteiger partial charge on any atom is 0.261 e. The number of aromatic nitrogens is 4. The third-order valence-corrected chi connectivity index (χ3v) is 6.96. The predicted molar refractivity (Wildman–Crippen MR) is 130 cm³/mol. The molecule has 0 aliphatic carbocycles. The molecule has 5 rings (SSSR count). The number of hydrogen-bond donors (Lipinski definition) is 2. The van der Waals surface area contributed by atoms with Crippen LogP contribution in [0.3, 0.4) is 0 Å². The van der Waals surface area contributed by atoms with Crippen molar-refractivity contribution >= 4 is 32.5 Å². The maximum absolute atomic E-state index is 14.7. The molecule has 0 atom stereocenters. The Labute approximate surface area is 200 Å². The number of benzene rings is 2. The molecule has 0 fully saturated rings. The van der Waals surface area contributed by atoms with Gasteiger partial charge in [0.2, 0.25) is 0 Å². The normalized spacial score (nSPS) is 11.6. The zero-order valence-corrected chi connectivity index (χ0v) is 19.6. The first-order chi connectivity index (χ1) is 16.7. The van der Waals surface area contributed by atoms with Crippen LogP contribution in [0.1, 0.15) is 21.5 Å². The first-order valence-corrected chi connectivity index (χ1v) is 12.1. The minimum absolute atomic E-state index is 0.0698. The summed E-state index contributed by atoms with van der Waals surface area (Å²) >= 11 is 0. The molecular weight excluding hydrogens is 469 g/mol. The average Bonchev–Trinajstić information content (AvgIpc) is 3.45. The highest BCUT2D eigenvalue weighted by molar-refractivity contribution is 7.92. The van der Waals surface area contributed by atoms with Gasteiger partial charge < -0.3 is 4.98 Å². The molecule has 0 aliphatic heterocycles. The Morgan fingerprint density at radius 2 is 1.89 bits per heavy atom. The molecule has 0 radical (unpaired) electrons. The third kappa shape index (κ3) is 4.31. The van der Waals surface area contributed by atoms with Crippen LogP contribution < -0.4 is 4.72 Å². The number of ketones is 1. The second-order valence-corrected chi connectivity index (χ2v) is 9.85. The van der Waals surface area contributed by atoms with E-state index in [4.69, 9.17) is 0 Å². The van der Waals surface area contributed by atoms with Crippen molar-refractivity contribution in [1.82, 2.24) is 19.7 Å². The smallest absolute Gasteiger partial charge is 0.261 e. The zero-order valence-electron chi connectivity index (χ0n) is 18.8. The van der Waals surface area contributed by atoms with E-state index in [-0.39, 0.29) is 21.7 Å². The van der Waals surface area contributed by atoms with Crippen molar-refractivity contribution < 1.29 is 17.6 Å². The molecule has 3 heterocycles. The third-order valence-electron chi connectivity index (χ3n) is 5.58. The Balaban J connectivity index is 1.51. The molecule has 3 aromatic heterocycles. The van der Waals surface area contributed by atoms with Gasteiger partial charge in [-0.15, -0.1) is 0 Å². The maximum atomic E-state index is 14.7. The number of aromatic amines is 1. The number of sulfonamides is 1. The Morgan fingerprint density at radius 3 is 2.63 bits per heavy atom. The molecule has 0 saturated heterocycles. The van der Waals surface area contributed by atoms with E-state index >= 15 is 0 Å². The molecule has 8 nitrogen and oxygen atoms in total. The number of rotatable bonds is 6. The van der Waals surface area contributed by atoms with Gasteiger partial charge in [0.1, 0.15) is 11.5 Å². The number of anilines is 1. The Morgan fingerprint density at radius 1 is 1.06 bits per heavy atom. The summed E-state index contributed by atoms with van der Waals surface area (Å²) in [4.78, 5) is 20.7. The number of H-pyrrole nitrogens is 1. The summed E-state index contributed by atoms with van der Waals surface area (Å²) in [6.45, 7) is 1.78. The number of aryl methyl sites for hydroxylation is 2. The summed E-state index contributed by atoms with van der Waals surface area (Å²) < 4.78 is 44.4. The quantitative estimate of drug-likeness (QED) is 0.343. The topological polar surface area (TPSA) is 110 Å². The van der Waals surface area contributed by atoms with Gasteiger partial charge in [0, 0.05) is 53.4 Å². The summed E-state index contributed by atoms with van der Waals surface area (Å²) in [7, 11) is -2.13. The lowest BCUT2D eigenvalue weighted by Gasteiger charge is -2.10. The number of carbonyl (C=O) groups is 1. The van der Waals surface area contributed by atoms with Crippen molar-refractivity contribution in [2.24, 2.45) is 7.05 Å². The van der Waals surface area contributed by atoms with Gasteiger partial charge in [0.15, 0.2) is 5.78 Å². The average molecular weight is 490 g/mol. The highest BCUT2D eigenvalue weighted by atomic mass is 32.2. The van der Waals surface area contributed by atoms with E-state index in [0.29, 0.717) is 11.0 Å². The summed E-state index contributed by atoms with van der Waals surface area (Å²) in [5.74, 6) is -1.37. The van der Waals surface area contributed by atoms with E-state index in [2.05, 4.69) is 19.8 Å². The van der Waals surface area contributed by atoms with E-state index < -0.39 is 21.6 Å². The van der Waals surface area contributed by atoms with Crippen molar-refractivity contribution in [3.05, 3.63) is 95.8 Å². The van der Waals surface area contributed by atoms with Gasteiger partial charge in [-0.3, -0.25) is 14.2 Å². The van der Waals surface area contributed by atoms with Crippen LogP contribution in [0.15, 0.2) is 78.2 Å². The molecule has 2 aromatic carbocycles. The molecule has 10 heteroatoms. The summed E-state index contributed by atoms with van der Waals surface area (Å²) in [6.07, 6.45) is 6.63. The highest BCUT2D eigenvalue weighted by Crippen LogP contribution is 2.28. The van der Waals surface area contributed by atoms with Crippen molar-refractivity contribution in [2.75, 3.05) is 4.72 Å². The second kappa shape index (κ2) is 8.48. The Bertz CT molecular complexity index is 1710. The van der Waals surface area contributed by atoms with Crippen LogP contribution in [0.25, 0.3) is 22.2 Å². The first-order valence-electron chi connectivity index (χ1n) is 10.6. The largest absolute Gasteiger partial charge is 0.345 e. The highest BCUT2D eigenvalue weighted by Gasteiger charge is 2.21. The van der Waals surface area contributed by atoms with E-state index in [9.17, 15) is 17.6 Å². The van der Waals surface area contributed by atoms with Gasteiger partial charge >= 0.3 is 0 Å². The fraction of sp³-hybridized carbons (Fsp3) is 0.0800. The van der Waals surface area contributed by atoms with E-state index in [1.54, 1.807) is 49.2 Å². The van der Waals surface area contributed by atoms with Gasteiger partial charge in [-0.05, 0) is 48.9 Å². The number of pyridine rings is 1. The van der Waals surface area contributed by atoms with Crippen LogP contribution in [0.5, 0.6) is 0 Å². The van der Waals surface area contributed by atoms with Crippen molar-refractivity contribution in [3.8, 4) is 11.1 Å². The van der Waals surface area contributed by atoms with Crippen molar-refractivity contribution in [1.29, 1.82) is 0 Å². The number of hydrogen-bond acceptors (Lipinski definition) is 5. The minimum atomic E-state index is -3.92. The molecule has 0 saturated carbocycles. The lowest BCUT2D eigenvalue weighted by molar-refractivity contribution is 0.103. The molecule has 35 heavy (non-hydrogen) atoms. The Hall–Kier alpha value is -4.31. The molecule has 0 bridgehead atoms. The first kappa shape index (κ1) is 22.5. The number of nitrogens with one attached hydrogen (secondary N) is 2. The van der Waals surface area contributed by atoms with Crippen LogP contribution in [-0.2, 0) is 17.1 Å². The van der Waals surface area contributed by atoms with Gasteiger partial charge in [-0.1, -0.05) is 12.1 Å². The summed E-state index contributed by atoms with van der Waals surface area (Å²) in [5, 5.41) is 4.67. The van der Waals surface area contributed by atoms with Crippen LogP contribution in [0.4, 0.5) is 10.1 Å². The molecule has 176 valence electrons. The Kier molecular flexibility index (Phi) is 5.45. The number of carbonyl (C=O) groups excluding carboxylic acids is 1. The standard InChI is InChI=1S/C25H20FN5O3S/c1-15-4-3-5-19(8-15)35(33,34)30-18-6-7-23(26)21(10-18)24(32)22-13-28-25-20(22)9-16(11-27-25)17-12-29-31(2)14-17/h3-14,30H,1-2H3,(H,27,28). The zero-order chi connectivity index (χ0) is 24.7. The SMILES string of the molecule is Cc1cccc(S(=O)(=O)Nc2ccc(F)c(C(=O)c3c[nH]c4ncc(-c5cnn(C)c5)cc34)c2)c1. The van der Waals surface area contributed by atoms with Crippen LogP contribution in [-0.4, -0.2) is 33.9 Å².